The zero-order valence-corrected chi connectivity index (χ0v) is 16.6. The normalized spacial score (nSPS) is 23.4. The minimum absolute atomic E-state index is 0.0797. The number of pyridine rings is 1. The van der Waals surface area contributed by atoms with Crippen molar-refractivity contribution in [3.63, 3.8) is 0 Å². The summed E-state index contributed by atoms with van der Waals surface area (Å²) in [5.41, 5.74) is -0.679. The maximum Gasteiger partial charge on any atom is 0.225 e. The number of nitrogens with zero attached hydrogens (tertiary/aromatic N) is 3. The minimum Gasteiger partial charge on any atom is -0.388 e. The molecular weight excluding hydrogens is 356 g/mol. The van der Waals surface area contributed by atoms with Crippen LogP contribution in [0.3, 0.4) is 0 Å². The van der Waals surface area contributed by atoms with Gasteiger partial charge in [-0.3, -0.25) is 9.59 Å². The van der Waals surface area contributed by atoms with Gasteiger partial charge in [0.05, 0.1) is 5.60 Å². The van der Waals surface area contributed by atoms with Gasteiger partial charge in [0, 0.05) is 38.7 Å². The van der Waals surface area contributed by atoms with Crippen LogP contribution in [-0.4, -0.2) is 70.0 Å². The third kappa shape index (κ3) is 6.27. The Balaban J connectivity index is 1.38. The van der Waals surface area contributed by atoms with E-state index < -0.39 is 5.60 Å². The summed E-state index contributed by atoms with van der Waals surface area (Å²) in [4.78, 5) is 32.8. The van der Waals surface area contributed by atoms with Crippen LogP contribution in [0.25, 0.3) is 0 Å². The Bertz CT molecular complexity index is 648. The van der Waals surface area contributed by atoms with Crippen LogP contribution in [0.2, 0.25) is 0 Å². The number of rotatable bonds is 7. The zero-order chi connectivity index (χ0) is 19.8. The van der Waals surface area contributed by atoms with Crippen molar-refractivity contribution in [1.29, 1.82) is 0 Å². The summed E-state index contributed by atoms with van der Waals surface area (Å²) in [7, 11) is 0. The molecule has 2 aliphatic rings. The fourth-order valence-corrected chi connectivity index (χ4v) is 4.14. The first-order valence-corrected chi connectivity index (χ1v) is 10.5. The van der Waals surface area contributed by atoms with Crippen molar-refractivity contribution in [2.75, 3.05) is 38.0 Å². The van der Waals surface area contributed by atoms with Crippen molar-refractivity contribution in [2.24, 2.45) is 0 Å². The number of carbonyl (C=O) groups excluding carboxylic acids is 2. The summed E-state index contributed by atoms with van der Waals surface area (Å²) in [6.07, 6.45) is 7.46. The molecule has 0 saturated carbocycles. The van der Waals surface area contributed by atoms with E-state index in [1.165, 1.54) is 12.8 Å². The van der Waals surface area contributed by atoms with Gasteiger partial charge in [-0.05, 0) is 63.7 Å². The number of aromatic nitrogens is 1. The average molecular weight is 389 g/mol. The quantitative estimate of drug-likeness (QED) is 0.746. The molecule has 1 atom stereocenters. The van der Waals surface area contributed by atoms with Crippen LogP contribution in [0.5, 0.6) is 0 Å². The molecule has 2 fully saturated rings. The van der Waals surface area contributed by atoms with Gasteiger partial charge < -0.3 is 20.2 Å². The van der Waals surface area contributed by atoms with Crippen LogP contribution in [-0.2, 0) is 9.59 Å². The summed E-state index contributed by atoms with van der Waals surface area (Å²) < 4.78 is 0. The fraction of sp³-hybridized carbons (Fsp3) is 0.667. The molecule has 3 rings (SSSR count). The summed E-state index contributed by atoms with van der Waals surface area (Å²) in [5.74, 6) is 0.488. The number of anilines is 1. The first kappa shape index (κ1) is 20.7. The number of β-amino-alcohol motifs (C(OH)–C–C–N with tert-alkyl or cyclic N) is 1. The van der Waals surface area contributed by atoms with Gasteiger partial charge in [0.2, 0.25) is 11.8 Å². The number of nitrogens with one attached hydrogen (secondary N) is 1. The Kier molecular flexibility index (Phi) is 7.39. The molecule has 1 unspecified atom stereocenters. The van der Waals surface area contributed by atoms with E-state index in [4.69, 9.17) is 0 Å². The Morgan fingerprint density at radius 2 is 1.89 bits per heavy atom. The lowest BCUT2D eigenvalue weighted by molar-refractivity contribution is -0.131. The smallest absolute Gasteiger partial charge is 0.225 e. The first-order valence-electron chi connectivity index (χ1n) is 10.5. The van der Waals surface area contributed by atoms with Crippen molar-refractivity contribution in [3.8, 4) is 0 Å². The highest BCUT2D eigenvalue weighted by molar-refractivity contribution is 5.90. The molecule has 2 aliphatic heterocycles. The topological polar surface area (TPSA) is 85.8 Å². The lowest BCUT2D eigenvalue weighted by Gasteiger charge is -2.31. The highest BCUT2D eigenvalue weighted by Gasteiger charge is 2.33. The molecule has 0 spiro atoms. The van der Waals surface area contributed by atoms with E-state index >= 15 is 0 Å². The van der Waals surface area contributed by atoms with E-state index in [0.717, 1.165) is 32.5 Å². The fourth-order valence-electron chi connectivity index (χ4n) is 4.14. The number of hydrogen-bond acceptors (Lipinski definition) is 5. The molecule has 7 nitrogen and oxygen atoms in total. The van der Waals surface area contributed by atoms with Crippen molar-refractivity contribution < 1.29 is 14.7 Å². The molecular formula is C21H32N4O3. The van der Waals surface area contributed by atoms with Gasteiger partial charge >= 0.3 is 0 Å². The van der Waals surface area contributed by atoms with E-state index in [-0.39, 0.29) is 11.8 Å². The van der Waals surface area contributed by atoms with E-state index in [1.807, 2.05) is 11.0 Å². The van der Waals surface area contributed by atoms with Gasteiger partial charge in [-0.2, -0.15) is 0 Å². The molecule has 0 radical (unpaired) electrons. The number of hydrogen-bond donors (Lipinski definition) is 2. The van der Waals surface area contributed by atoms with Crippen LogP contribution in [0, 0.1) is 0 Å². The number of carbonyl (C=O) groups is 2. The number of aliphatic hydroxyl groups is 1. The van der Waals surface area contributed by atoms with E-state index in [2.05, 4.69) is 15.2 Å². The van der Waals surface area contributed by atoms with Crippen LogP contribution in [0.1, 0.15) is 51.4 Å². The van der Waals surface area contributed by atoms with E-state index in [1.54, 1.807) is 18.3 Å². The molecule has 2 saturated heterocycles. The molecule has 1 aromatic rings. The monoisotopic (exact) mass is 388 g/mol. The molecule has 2 N–H and O–H groups in total. The molecule has 0 aliphatic carbocycles. The predicted octanol–water partition coefficient (Wildman–Crippen LogP) is 2.03. The highest BCUT2D eigenvalue weighted by Crippen LogP contribution is 2.25. The standard InChI is InChI=1S/C21H32N4O3/c26-19(23-18-7-1-2-12-22-18)8-5-9-20(27)25-15-6-10-21(28,11-16-25)17-24-13-3-4-14-24/h1-2,7,12,28H,3-6,8-11,13-17H2,(H,22,23,26). The predicted molar refractivity (Wildman–Crippen MR) is 108 cm³/mol. The van der Waals surface area contributed by atoms with Gasteiger partial charge in [0.15, 0.2) is 0 Å². The summed E-state index contributed by atoms with van der Waals surface area (Å²) in [5, 5.41) is 13.7. The average Bonchev–Trinajstić information content (AvgIpc) is 3.09. The van der Waals surface area contributed by atoms with E-state index in [9.17, 15) is 14.7 Å². The largest absolute Gasteiger partial charge is 0.388 e. The van der Waals surface area contributed by atoms with Gasteiger partial charge in [-0.1, -0.05) is 6.07 Å². The first-order chi connectivity index (χ1) is 13.5. The van der Waals surface area contributed by atoms with Gasteiger partial charge in [-0.15, -0.1) is 0 Å². The molecule has 0 aromatic carbocycles. The molecule has 3 heterocycles. The van der Waals surface area contributed by atoms with Gasteiger partial charge in [0.1, 0.15) is 5.82 Å². The molecule has 28 heavy (non-hydrogen) atoms. The van der Waals surface area contributed by atoms with Crippen LogP contribution < -0.4 is 5.32 Å². The summed E-state index contributed by atoms with van der Waals surface area (Å²) >= 11 is 0. The number of amides is 2. The number of likely N-dealkylation sites (tertiary alicyclic amines) is 2. The van der Waals surface area contributed by atoms with Crippen molar-refractivity contribution >= 4 is 17.6 Å². The van der Waals surface area contributed by atoms with Crippen molar-refractivity contribution in [2.45, 2.75) is 57.0 Å². The maximum absolute atomic E-state index is 12.5. The SMILES string of the molecule is O=C(CCCC(=O)N1CCCC(O)(CN2CCCC2)CC1)Nc1ccccn1. The molecule has 2 amide bonds. The Morgan fingerprint density at radius 3 is 2.64 bits per heavy atom. The Labute approximate surface area is 167 Å². The van der Waals surface area contributed by atoms with Gasteiger partial charge in [-0.25, -0.2) is 4.98 Å². The maximum atomic E-state index is 12.5. The molecule has 154 valence electrons. The Morgan fingerprint density at radius 1 is 1.07 bits per heavy atom. The van der Waals surface area contributed by atoms with Crippen LogP contribution in [0.4, 0.5) is 5.82 Å². The van der Waals surface area contributed by atoms with Crippen LogP contribution >= 0.6 is 0 Å². The summed E-state index contributed by atoms with van der Waals surface area (Å²) in [6.45, 7) is 4.17. The third-order valence-corrected chi connectivity index (χ3v) is 5.71. The van der Waals surface area contributed by atoms with Crippen LogP contribution in [0.15, 0.2) is 24.4 Å². The lowest BCUT2D eigenvalue weighted by atomic mass is 9.94. The van der Waals surface area contributed by atoms with E-state index in [0.29, 0.717) is 44.6 Å². The minimum atomic E-state index is -0.679. The molecule has 0 bridgehead atoms. The molecule has 7 heteroatoms. The third-order valence-electron chi connectivity index (χ3n) is 5.71. The van der Waals surface area contributed by atoms with Gasteiger partial charge in [0.25, 0.3) is 0 Å². The Hall–Kier alpha value is -1.99. The van der Waals surface area contributed by atoms with Crippen molar-refractivity contribution in [1.82, 2.24) is 14.8 Å². The second-order valence-corrected chi connectivity index (χ2v) is 8.06. The second kappa shape index (κ2) is 9.98. The second-order valence-electron chi connectivity index (χ2n) is 8.06. The summed E-state index contributed by atoms with van der Waals surface area (Å²) in [6, 6.07) is 5.35. The lowest BCUT2D eigenvalue weighted by Crippen LogP contribution is -2.43. The molecule has 1 aromatic heterocycles. The highest BCUT2D eigenvalue weighted by atomic mass is 16.3. The zero-order valence-electron chi connectivity index (χ0n) is 16.6. The van der Waals surface area contributed by atoms with Crippen molar-refractivity contribution in [3.05, 3.63) is 24.4 Å².